The van der Waals surface area contributed by atoms with Gasteiger partial charge in [0.05, 0.1) is 5.92 Å². The monoisotopic (exact) mass is 256 g/mol. The average molecular weight is 256 g/mol. The topological polar surface area (TPSA) is 69.6 Å². The summed E-state index contributed by atoms with van der Waals surface area (Å²) >= 11 is 0. The zero-order valence-electron chi connectivity index (χ0n) is 11.7. The Balaban J connectivity index is 2.41. The Labute approximate surface area is 109 Å². The predicted octanol–water partition coefficient (Wildman–Crippen LogP) is 0.944. The smallest absolute Gasteiger partial charge is 0.306 e. The van der Waals surface area contributed by atoms with E-state index < -0.39 is 5.97 Å². The van der Waals surface area contributed by atoms with E-state index in [0.717, 1.165) is 0 Å². The highest BCUT2D eigenvalue weighted by Gasteiger charge is 2.34. The number of carbonyl (C=O) groups is 2. The van der Waals surface area contributed by atoms with Crippen LogP contribution in [0.1, 0.15) is 33.1 Å². The molecule has 0 aliphatic heterocycles. The van der Waals surface area contributed by atoms with E-state index in [0.29, 0.717) is 25.8 Å². The van der Waals surface area contributed by atoms with E-state index in [1.54, 1.807) is 0 Å². The van der Waals surface area contributed by atoms with Crippen LogP contribution in [-0.2, 0) is 9.59 Å². The van der Waals surface area contributed by atoms with Crippen molar-refractivity contribution in [2.75, 3.05) is 20.6 Å². The zero-order valence-corrected chi connectivity index (χ0v) is 11.7. The van der Waals surface area contributed by atoms with E-state index in [2.05, 4.69) is 24.1 Å². The van der Waals surface area contributed by atoms with Gasteiger partial charge in [0.15, 0.2) is 0 Å². The van der Waals surface area contributed by atoms with Gasteiger partial charge >= 0.3 is 5.97 Å². The first-order valence-corrected chi connectivity index (χ1v) is 6.42. The summed E-state index contributed by atoms with van der Waals surface area (Å²) in [7, 11) is 3.95. The number of hydrogen-bond donors (Lipinski definition) is 2. The van der Waals surface area contributed by atoms with E-state index in [-0.39, 0.29) is 23.3 Å². The molecule has 0 saturated heterocycles. The molecule has 1 saturated carbocycles. The SMILES string of the molecule is CN(C)C(C)(C)CNC(=O)C1CCC(C(=O)O)C1. The number of hydrogen-bond acceptors (Lipinski definition) is 3. The molecular formula is C13H24N2O3. The van der Waals surface area contributed by atoms with Gasteiger partial charge in [0.1, 0.15) is 0 Å². The van der Waals surface area contributed by atoms with Crippen LogP contribution in [-0.4, -0.2) is 48.1 Å². The van der Waals surface area contributed by atoms with E-state index in [9.17, 15) is 9.59 Å². The molecule has 1 aliphatic carbocycles. The number of rotatable bonds is 5. The van der Waals surface area contributed by atoms with Crippen LogP contribution >= 0.6 is 0 Å². The molecular weight excluding hydrogens is 232 g/mol. The first kappa shape index (κ1) is 15.0. The third kappa shape index (κ3) is 3.70. The van der Waals surface area contributed by atoms with Gasteiger partial charge in [0, 0.05) is 18.0 Å². The molecule has 0 heterocycles. The molecule has 18 heavy (non-hydrogen) atoms. The maximum absolute atomic E-state index is 12.0. The second-order valence-electron chi connectivity index (χ2n) is 5.97. The van der Waals surface area contributed by atoms with Crippen LogP contribution in [0.3, 0.4) is 0 Å². The van der Waals surface area contributed by atoms with Crippen molar-refractivity contribution in [1.82, 2.24) is 10.2 Å². The summed E-state index contributed by atoms with van der Waals surface area (Å²) in [5.41, 5.74) is -0.0968. The Morgan fingerprint density at radius 3 is 2.28 bits per heavy atom. The molecule has 1 aliphatic rings. The Bertz CT molecular complexity index is 326. The maximum atomic E-state index is 12.0. The minimum absolute atomic E-state index is 0.00586. The van der Waals surface area contributed by atoms with Crippen LogP contribution in [0.2, 0.25) is 0 Å². The molecule has 0 aromatic carbocycles. The summed E-state index contributed by atoms with van der Waals surface area (Å²) in [6, 6.07) is 0. The molecule has 0 spiro atoms. The second-order valence-corrected chi connectivity index (χ2v) is 5.97. The van der Waals surface area contributed by atoms with Crippen LogP contribution in [0, 0.1) is 11.8 Å². The fraction of sp³-hybridized carbons (Fsp3) is 0.846. The van der Waals surface area contributed by atoms with Crippen molar-refractivity contribution in [3.05, 3.63) is 0 Å². The van der Waals surface area contributed by atoms with Crippen molar-refractivity contribution < 1.29 is 14.7 Å². The lowest BCUT2D eigenvalue weighted by atomic mass is 10.0. The van der Waals surface area contributed by atoms with Crippen molar-refractivity contribution in [3.8, 4) is 0 Å². The molecule has 0 aromatic heterocycles. The lowest BCUT2D eigenvalue weighted by Crippen LogP contribution is -2.49. The van der Waals surface area contributed by atoms with Crippen molar-refractivity contribution >= 4 is 11.9 Å². The Hall–Kier alpha value is -1.10. The molecule has 0 radical (unpaired) electrons. The number of likely N-dealkylation sites (N-methyl/N-ethyl adjacent to an activating group) is 1. The Morgan fingerprint density at radius 2 is 1.83 bits per heavy atom. The molecule has 2 N–H and O–H groups in total. The number of nitrogens with one attached hydrogen (secondary N) is 1. The molecule has 5 heteroatoms. The third-order valence-electron chi connectivity index (χ3n) is 4.06. The van der Waals surface area contributed by atoms with Crippen molar-refractivity contribution in [3.63, 3.8) is 0 Å². The Morgan fingerprint density at radius 1 is 1.28 bits per heavy atom. The lowest BCUT2D eigenvalue weighted by Gasteiger charge is -2.33. The first-order chi connectivity index (χ1) is 8.24. The van der Waals surface area contributed by atoms with Crippen LogP contribution in [0.25, 0.3) is 0 Å². The third-order valence-corrected chi connectivity index (χ3v) is 4.06. The number of aliphatic carboxylic acids is 1. The highest BCUT2D eigenvalue weighted by molar-refractivity contribution is 5.80. The van der Waals surface area contributed by atoms with E-state index in [4.69, 9.17) is 5.11 Å². The minimum Gasteiger partial charge on any atom is -0.481 e. The summed E-state index contributed by atoms with van der Waals surface area (Å²) < 4.78 is 0. The number of carboxylic acids is 1. The average Bonchev–Trinajstić information content (AvgIpc) is 2.75. The summed E-state index contributed by atoms with van der Waals surface area (Å²) in [5, 5.41) is 11.8. The first-order valence-electron chi connectivity index (χ1n) is 6.42. The van der Waals surface area contributed by atoms with Crippen LogP contribution in [0.15, 0.2) is 0 Å². The minimum atomic E-state index is -0.779. The number of amides is 1. The molecule has 104 valence electrons. The van der Waals surface area contributed by atoms with Gasteiger partial charge in [0.25, 0.3) is 0 Å². The van der Waals surface area contributed by atoms with Crippen LogP contribution in [0.4, 0.5) is 0 Å². The standard InChI is InChI=1S/C13H24N2O3/c1-13(2,15(3)4)8-14-11(16)9-5-6-10(7-9)12(17)18/h9-10H,5-8H2,1-4H3,(H,14,16)(H,17,18). The van der Waals surface area contributed by atoms with Gasteiger partial charge in [-0.05, 0) is 47.2 Å². The second kappa shape index (κ2) is 5.69. The highest BCUT2D eigenvalue weighted by atomic mass is 16.4. The summed E-state index contributed by atoms with van der Waals surface area (Å²) in [6.45, 7) is 4.69. The number of carboxylic acid groups (broad SMARTS) is 1. The molecule has 2 unspecified atom stereocenters. The molecule has 1 fully saturated rings. The van der Waals surface area contributed by atoms with Crippen LogP contribution < -0.4 is 5.32 Å². The van der Waals surface area contributed by atoms with Crippen molar-refractivity contribution in [1.29, 1.82) is 0 Å². The molecule has 2 atom stereocenters. The Kier molecular flexibility index (Phi) is 4.73. The van der Waals surface area contributed by atoms with Gasteiger partial charge in [-0.25, -0.2) is 0 Å². The molecule has 5 nitrogen and oxygen atoms in total. The van der Waals surface area contributed by atoms with Gasteiger partial charge in [-0.15, -0.1) is 0 Å². The van der Waals surface area contributed by atoms with Gasteiger partial charge in [0.2, 0.25) is 5.91 Å². The van der Waals surface area contributed by atoms with E-state index in [1.165, 1.54) is 0 Å². The van der Waals surface area contributed by atoms with Crippen molar-refractivity contribution in [2.45, 2.75) is 38.6 Å². The molecule has 0 aromatic rings. The number of nitrogens with zero attached hydrogens (tertiary/aromatic N) is 1. The molecule has 1 rings (SSSR count). The summed E-state index contributed by atoms with van der Waals surface area (Å²) in [4.78, 5) is 24.9. The van der Waals surface area contributed by atoms with Gasteiger partial charge in [-0.3, -0.25) is 9.59 Å². The quantitative estimate of drug-likeness (QED) is 0.768. The zero-order chi connectivity index (χ0) is 13.9. The molecule has 1 amide bonds. The van der Waals surface area contributed by atoms with Gasteiger partial charge < -0.3 is 15.3 Å². The summed E-state index contributed by atoms with van der Waals surface area (Å²) in [6.07, 6.45) is 1.78. The fourth-order valence-electron chi connectivity index (χ4n) is 2.05. The van der Waals surface area contributed by atoms with Gasteiger partial charge in [-0.1, -0.05) is 0 Å². The maximum Gasteiger partial charge on any atom is 0.306 e. The lowest BCUT2D eigenvalue weighted by molar-refractivity contribution is -0.141. The fourth-order valence-corrected chi connectivity index (χ4v) is 2.05. The largest absolute Gasteiger partial charge is 0.481 e. The molecule has 0 bridgehead atoms. The van der Waals surface area contributed by atoms with Crippen LogP contribution in [0.5, 0.6) is 0 Å². The van der Waals surface area contributed by atoms with E-state index >= 15 is 0 Å². The highest BCUT2D eigenvalue weighted by Crippen LogP contribution is 2.31. The predicted molar refractivity (Wildman–Crippen MR) is 69.2 cm³/mol. The van der Waals surface area contributed by atoms with E-state index in [1.807, 2.05) is 14.1 Å². The number of carbonyl (C=O) groups excluding carboxylic acids is 1. The van der Waals surface area contributed by atoms with Gasteiger partial charge in [-0.2, -0.15) is 0 Å². The summed E-state index contributed by atoms with van der Waals surface area (Å²) in [5.74, 6) is -1.26. The normalized spacial score (nSPS) is 24.3. The van der Waals surface area contributed by atoms with Crippen molar-refractivity contribution in [2.24, 2.45) is 11.8 Å².